The Hall–Kier alpha value is -4.44. The summed E-state index contributed by atoms with van der Waals surface area (Å²) in [4.78, 5) is 29.7. The smallest absolute Gasteiger partial charge is 0.247 e. The molecule has 0 saturated carbocycles. The maximum Gasteiger partial charge on any atom is 0.247 e. The molecule has 206 valence electrons. The van der Waals surface area contributed by atoms with Gasteiger partial charge in [0.25, 0.3) is 0 Å². The van der Waals surface area contributed by atoms with Crippen LogP contribution in [0.4, 0.5) is 0 Å². The fourth-order valence-corrected chi connectivity index (χ4v) is 5.27. The van der Waals surface area contributed by atoms with E-state index >= 15 is 0 Å². The molecule has 3 heterocycles. The molecule has 4 aromatic rings. The lowest BCUT2D eigenvalue weighted by Gasteiger charge is -2.32. The lowest BCUT2D eigenvalue weighted by atomic mass is 9.98. The van der Waals surface area contributed by atoms with Gasteiger partial charge in [-0.1, -0.05) is 47.7 Å². The van der Waals surface area contributed by atoms with Crippen molar-refractivity contribution in [2.24, 2.45) is 0 Å². The van der Waals surface area contributed by atoms with E-state index in [-0.39, 0.29) is 37.8 Å². The molecular weight excluding hydrogens is 510 g/mol. The molecule has 0 aliphatic carbocycles. The van der Waals surface area contributed by atoms with Gasteiger partial charge < -0.3 is 24.4 Å². The number of ether oxygens (including phenoxy) is 3. The number of benzene rings is 3. The topological polar surface area (TPSA) is 108 Å². The number of carbonyl (C=O) groups excluding carboxylic acids is 2. The molecule has 2 atom stereocenters. The van der Waals surface area contributed by atoms with E-state index in [9.17, 15) is 9.59 Å². The van der Waals surface area contributed by atoms with Crippen molar-refractivity contribution in [2.45, 2.75) is 45.0 Å². The second-order valence-corrected chi connectivity index (χ2v) is 10.1. The van der Waals surface area contributed by atoms with Gasteiger partial charge in [0.1, 0.15) is 18.1 Å². The monoisotopic (exact) mass is 541 g/mol. The summed E-state index contributed by atoms with van der Waals surface area (Å²) in [5.74, 6) is 0.735. The van der Waals surface area contributed by atoms with Gasteiger partial charge in [0.05, 0.1) is 11.6 Å². The third-order valence-corrected chi connectivity index (χ3v) is 7.39. The van der Waals surface area contributed by atoms with Crippen molar-refractivity contribution in [3.05, 3.63) is 83.4 Å². The van der Waals surface area contributed by atoms with E-state index in [2.05, 4.69) is 15.6 Å². The van der Waals surface area contributed by atoms with Crippen LogP contribution in [-0.4, -0.2) is 57.8 Å². The molecule has 10 nitrogen and oxygen atoms in total. The highest BCUT2D eigenvalue weighted by molar-refractivity contribution is 5.89. The number of para-hydroxylation sites is 1. The van der Waals surface area contributed by atoms with Gasteiger partial charge in [-0.3, -0.25) is 9.59 Å². The Kier molecular flexibility index (Phi) is 7.33. The predicted molar refractivity (Wildman–Crippen MR) is 147 cm³/mol. The first-order chi connectivity index (χ1) is 19.6. The zero-order valence-electron chi connectivity index (χ0n) is 22.3. The molecule has 2 aliphatic rings. The highest BCUT2D eigenvalue weighted by Gasteiger charge is 2.34. The molecule has 0 unspecified atom stereocenters. The van der Waals surface area contributed by atoms with Gasteiger partial charge in [-0.05, 0) is 60.7 Å². The number of fused-ring (bicyclic) bond motifs is 2. The second-order valence-electron chi connectivity index (χ2n) is 10.1. The summed E-state index contributed by atoms with van der Waals surface area (Å²) < 4.78 is 18.4. The number of hydrogen-bond acceptors (Lipinski definition) is 7. The number of aromatic nitrogens is 3. The van der Waals surface area contributed by atoms with E-state index in [4.69, 9.17) is 14.2 Å². The van der Waals surface area contributed by atoms with Crippen LogP contribution in [0.2, 0.25) is 0 Å². The number of hydrogen-bond donors (Lipinski definition) is 1. The average molecular weight is 542 g/mol. The van der Waals surface area contributed by atoms with Gasteiger partial charge in [-0.25, -0.2) is 4.68 Å². The minimum absolute atomic E-state index is 0.0269. The van der Waals surface area contributed by atoms with Gasteiger partial charge in [-0.2, -0.15) is 0 Å². The Balaban J connectivity index is 1.36. The lowest BCUT2D eigenvalue weighted by Crippen LogP contribution is -2.46. The van der Waals surface area contributed by atoms with Crippen molar-refractivity contribution in [1.29, 1.82) is 0 Å². The van der Waals surface area contributed by atoms with Crippen molar-refractivity contribution >= 4 is 22.8 Å². The van der Waals surface area contributed by atoms with E-state index in [1.54, 1.807) is 9.58 Å². The average Bonchev–Trinajstić information content (AvgIpc) is 3.74. The Morgan fingerprint density at radius 2 is 1.90 bits per heavy atom. The van der Waals surface area contributed by atoms with Crippen molar-refractivity contribution in [3.63, 3.8) is 0 Å². The van der Waals surface area contributed by atoms with Crippen LogP contribution in [0.25, 0.3) is 11.0 Å². The molecule has 6 rings (SSSR count). The van der Waals surface area contributed by atoms with Crippen molar-refractivity contribution < 1.29 is 23.8 Å². The first-order valence-electron chi connectivity index (χ1n) is 13.5. The van der Waals surface area contributed by atoms with E-state index < -0.39 is 6.04 Å². The second kappa shape index (κ2) is 11.4. The quantitative estimate of drug-likeness (QED) is 0.345. The number of carbonyl (C=O) groups is 2. The molecule has 40 heavy (non-hydrogen) atoms. The first kappa shape index (κ1) is 25.8. The van der Waals surface area contributed by atoms with Crippen LogP contribution >= 0.6 is 0 Å². The molecule has 0 radical (unpaired) electrons. The van der Waals surface area contributed by atoms with Gasteiger partial charge in [0.15, 0.2) is 11.5 Å². The standard InChI is InChI=1S/C30H31N5O5/c1-20-7-2-3-9-23(20)29(30(37)31-16-22-8-6-14-38-22)34(17-21-12-13-26-27(15-21)40-19-39-26)28(36)18-35-25-11-5-4-10-24(25)32-33-35/h2-5,7,9-13,15,22,29H,6,8,14,16-19H2,1H3,(H,31,37)/t22-,29-/m1/s1. The molecule has 3 aromatic carbocycles. The Labute approximate surface area is 231 Å². The summed E-state index contributed by atoms with van der Waals surface area (Å²) in [5, 5.41) is 11.5. The maximum atomic E-state index is 14.2. The first-order valence-corrected chi connectivity index (χ1v) is 13.5. The van der Waals surface area contributed by atoms with Crippen LogP contribution in [0.3, 0.4) is 0 Å². The van der Waals surface area contributed by atoms with E-state index in [0.29, 0.717) is 30.2 Å². The third-order valence-electron chi connectivity index (χ3n) is 7.39. The fraction of sp³-hybridized carbons (Fsp3) is 0.333. The largest absolute Gasteiger partial charge is 0.454 e. The molecule has 1 N–H and O–H groups in total. The molecule has 1 aromatic heterocycles. The minimum atomic E-state index is -0.879. The minimum Gasteiger partial charge on any atom is -0.454 e. The van der Waals surface area contributed by atoms with Gasteiger partial charge in [-0.15, -0.1) is 5.10 Å². The van der Waals surface area contributed by atoms with Crippen LogP contribution in [-0.2, 0) is 27.4 Å². The molecule has 0 spiro atoms. The molecule has 1 saturated heterocycles. The summed E-state index contributed by atoms with van der Waals surface area (Å²) in [6, 6.07) is 19.8. The summed E-state index contributed by atoms with van der Waals surface area (Å²) in [6.45, 7) is 3.28. The third kappa shape index (κ3) is 5.35. The lowest BCUT2D eigenvalue weighted by molar-refractivity contribution is -0.142. The Morgan fingerprint density at radius 1 is 1.07 bits per heavy atom. The van der Waals surface area contributed by atoms with Crippen LogP contribution < -0.4 is 14.8 Å². The SMILES string of the molecule is Cc1ccccc1[C@H](C(=O)NC[C@H]1CCCO1)N(Cc1ccc2c(c1)OCO2)C(=O)Cn1nnc2ccccc21. The van der Waals surface area contributed by atoms with Crippen molar-refractivity contribution in [2.75, 3.05) is 19.9 Å². The summed E-state index contributed by atoms with van der Waals surface area (Å²) in [6.07, 6.45) is 1.85. The maximum absolute atomic E-state index is 14.2. The zero-order chi connectivity index (χ0) is 27.5. The molecule has 1 fully saturated rings. The molecule has 10 heteroatoms. The van der Waals surface area contributed by atoms with Gasteiger partial charge in [0, 0.05) is 19.7 Å². The summed E-state index contributed by atoms with van der Waals surface area (Å²) in [5.41, 5.74) is 3.92. The molecule has 0 bridgehead atoms. The highest BCUT2D eigenvalue weighted by atomic mass is 16.7. The molecule has 2 amide bonds. The van der Waals surface area contributed by atoms with Gasteiger partial charge >= 0.3 is 0 Å². The van der Waals surface area contributed by atoms with Crippen LogP contribution in [0.5, 0.6) is 11.5 Å². The number of nitrogens with one attached hydrogen (secondary N) is 1. The van der Waals surface area contributed by atoms with Crippen LogP contribution in [0.15, 0.2) is 66.7 Å². The van der Waals surface area contributed by atoms with Crippen molar-refractivity contribution in [3.8, 4) is 11.5 Å². The summed E-state index contributed by atoms with van der Waals surface area (Å²) >= 11 is 0. The number of aryl methyl sites for hydroxylation is 1. The fourth-order valence-electron chi connectivity index (χ4n) is 5.27. The van der Waals surface area contributed by atoms with E-state index in [1.807, 2.05) is 73.7 Å². The van der Waals surface area contributed by atoms with Crippen LogP contribution in [0, 0.1) is 6.92 Å². The highest BCUT2D eigenvalue weighted by Crippen LogP contribution is 2.34. The number of nitrogens with zero attached hydrogens (tertiary/aromatic N) is 4. The summed E-state index contributed by atoms with van der Waals surface area (Å²) in [7, 11) is 0. The molecular formula is C30H31N5O5. The predicted octanol–water partition coefficient (Wildman–Crippen LogP) is 3.53. The number of amides is 2. The van der Waals surface area contributed by atoms with Crippen LogP contribution in [0.1, 0.15) is 35.6 Å². The normalized spacial score (nSPS) is 16.7. The molecule has 2 aliphatic heterocycles. The van der Waals surface area contributed by atoms with Gasteiger partial charge in [0.2, 0.25) is 18.6 Å². The van der Waals surface area contributed by atoms with E-state index in [1.165, 1.54) is 0 Å². The Morgan fingerprint density at radius 3 is 2.75 bits per heavy atom. The zero-order valence-corrected chi connectivity index (χ0v) is 22.3. The van der Waals surface area contributed by atoms with Crippen molar-refractivity contribution in [1.82, 2.24) is 25.2 Å². The Bertz CT molecular complexity index is 1530. The van der Waals surface area contributed by atoms with E-state index in [0.717, 1.165) is 35.0 Å². The number of rotatable bonds is 9.